The Labute approximate surface area is 139 Å². The molecule has 1 atom stereocenters. The largest absolute Gasteiger partial charge is 0.466 e. The summed E-state index contributed by atoms with van der Waals surface area (Å²) in [6, 6.07) is 2.52. The van der Waals surface area contributed by atoms with Gasteiger partial charge < -0.3 is 29.3 Å². The first-order valence-corrected chi connectivity index (χ1v) is 7.42. The predicted molar refractivity (Wildman–Crippen MR) is 82.1 cm³/mol. The molecule has 0 radical (unpaired) electrons. The summed E-state index contributed by atoms with van der Waals surface area (Å²) in [6.45, 7) is 0.383. The van der Waals surface area contributed by atoms with Crippen LogP contribution < -0.4 is 10.6 Å². The summed E-state index contributed by atoms with van der Waals surface area (Å²) in [5, 5.41) is 4.96. The number of esters is 1. The summed E-state index contributed by atoms with van der Waals surface area (Å²) < 4.78 is 19.1. The van der Waals surface area contributed by atoms with Gasteiger partial charge in [0, 0.05) is 6.54 Å². The number of amides is 2. The van der Waals surface area contributed by atoms with E-state index in [-0.39, 0.29) is 6.61 Å². The minimum absolute atomic E-state index is 0.0188. The molecule has 2 N–H and O–H groups in total. The van der Waals surface area contributed by atoms with E-state index in [4.69, 9.17) is 9.15 Å². The minimum atomic E-state index is -0.842. The molecule has 0 fully saturated rings. The molecule has 24 heavy (non-hydrogen) atoms. The molecule has 0 saturated heterocycles. The Bertz CT molecular complexity index is 516. The molecule has 134 valence electrons. The van der Waals surface area contributed by atoms with Crippen molar-refractivity contribution >= 4 is 18.2 Å². The number of hydrogen-bond donors (Lipinski definition) is 2. The molecule has 9 nitrogen and oxygen atoms in total. The van der Waals surface area contributed by atoms with Crippen LogP contribution in [0.2, 0.25) is 0 Å². The second-order valence-corrected chi connectivity index (χ2v) is 4.79. The normalized spacial score (nSPS) is 11.2. The average Bonchev–Trinajstić information content (AvgIpc) is 3.11. The van der Waals surface area contributed by atoms with Gasteiger partial charge in [0.25, 0.3) is 0 Å². The Hall–Kier alpha value is -2.71. The van der Waals surface area contributed by atoms with Gasteiger partial charge in [-0.1, -0.05) is 0 Å². The van der Waals surface area contributed by atoms with Crippen LogP contribution in [0.4, 0.5) is 9.59 Å². The van der Waals surface area contributed by atoms with Gasteiger partial charge in [0.2, 0.25) is 0 Å². The van der Waals surface area contributed by atoms with Gasteiger partial charge in [0.1, 0.15) is 18.4 Å². The Morgan fingerprint density at radius 3 is 2.54 bits per heavy atom. The van der Waals surface area contributed by atoms with Crippen molar-refractivity contribution in [3.8, 4) is 0 Å². The first-order valence-electron chi connectivity index (χ1n) is 7.42. The Morgan fingerprint density at radius 2 is 1.92 bits per heavy atom. The van der Waals surface area contributed by atoms with Crippen molar-refractivity contribution < 1.29 is 33.0 Å². The fraction of sp³-hybridized carbons (Fsp3) is 0.533. The fourth-order valence-electron chi connectivity index (χ4n) is 1.82. The number of carbonyl (C=O) groups is 3. The quantitative estimate of drug-likeness (QED) is 0.397. The highest BCUT2D eigenvalue weighted by Crippen LogP contribution is 2.07. The topological polar surface area (TPSA) is 116 Å². The van der Waals surface area contributed by atoms with Crippen molar-refractivity contribution in [1.29, 1.82) is 0 Å². The van der Waals surface area contributed by atoms with E-state index in [1.165, 1.54) is 20.5 Å². The molecule has 1 aromatic heterocycles. The van der Waals surface area contributed by atoms with Crippen LogP contribution in [-0.2, 0) is 25.6 Å². The monoisotopic (exact) mass is 342 g/mol. The maximum Gasteiger partial charge on any atom is 0.407 e. The number of hydrogen-bond acceptors (Lipinski definition) is 7. The molecule has 0 spiro atoms. The van der Waals surface area contributed by atoms with E-state index in [9.17, 15) is 14.4 Å². The molecule has 1 aromatic rings. The zero-order chi connectivity index (χ0) is 17.8. The van der Waals surface area contributed by atoms with Crippen molar-refractivity contribution in [2.24, 2.45) is 0 Å². The summed E-state index contributed by atoms with van der Waals surface area (Å²) in [7, 11) is 2.49. The number of furan rings is 1. The van der Waals surface area contributed by atoms with Crippen LogP contribution in [0.1, 0.15) is 25.0 Å². The lowest BCUT2D eigenvalue weighted by atomic mass is 10.1. The number of carbonyl (C=O) groups excluding carboxylic acids is 3. The highest BCUT2D eigenvalue weighted by atomic mass is 16.6. The second-order valence-electron chi connectivity index (χ2n) is 4.79. The van der Waals surface area contributed by atoms with E-state index in [1.54, 1.807) is 12.1 Å². The molecule has 0 bridgehead atoms. The number of nitrogens with one attached hydrogen (secondary N) is 2. The zero-order valence-corrected chi connectivity index (χ0v) is 13.7. The fourth-order valence-corrected chi connectivity index (χ4v) is 1.82. The lowest BCUT2D eigenvalue weighted by Gasteiger charge is -2.16. The van der Waals surface area contributed by atoms with Crippen molar-refractivity contribution in [1.82, 2.24) is 10.6 Å². The SMILES string of the molecule is COC(=O)NCCCC[C@H](NC(=O)OC)C(=O)OCc1ccco1. The Kier molecular flexibility index (Phi) is 8.80. The lowest BCUT2D eigenvalue weighted by molar-refractivity contribution is -0.148. The standard InChI is InChI=1S/C15H22N2O7/c1-21-14(19)16-8-4-3-7-12(17-15(20)22-2)13(18)24-10-11-6-5-9-23-11/h5-6,9,12H,3-4,7-8,10H2,1-2H3,(H,16,19)(H,17,20)/t12-/m0/s1. The number of unbranched alkanes of at least 4 members (excludes halogenated alkanes) is 1. The number of ether oxygens (including phenoxy) is 3. The molecule has 0 unspecified atom stereocenters. The van der Waals surface area contributed by atoms with E-state index < -0.39 is 24.2 Å². The van der Waals surface area contributed by atoms with Gasteiger partial charge in [-0.15, -0.1) is 0 Å². The summed E-state index contributed by atoms with van der Waals surface area (Å²) in [6.07, 6.45) is 1.77. The van der Waals surface area contributed by atoms with Gasteiger partial charge in [-0.2, -0.15) is 0 Å². The average molecular weight is 342 g/mol. The highest BCUT2D eigenvalue weighted by Gasteiger charge is 2.22. The predicted octanol–water partition coefficient (Wildman–Crippen LogP) is 1.57. The molecule has 1 heterocycles. The first kappa shape index (κ1) is 19.3. The number of rotatable bonds is 9. The molecule has 0 aliphatic rings. The molecule has 1 rings (SSSR count). The van der Waals surface area contributed by atoms with Gasteiger partial charge in [0.05, 0.1) is 20.5 Å². The third-order valence-electron chi connectivity index (χ3n) is 3.07. The zero-order valence-electron chi connectivity index (χ0n) is 13.7. The van der Waals surface area contributed by atoms with Crippen LogP contribution in [0.25, 0.3) is 0 Å². The number of alkyl carbamates (subject to hydrolysis) is 2. The lowest BCUT2D eigenvalue weighted by Crippen LogP contribution is -2.41. The summed E-state index contributed by atoms with van der Waals surface area (Å²) in [5.41, 5.74) is 0. The van der Waals surface area contributed by atoms with E-state index in [1.807, 2.05) is 0 Å². The van der Waals surface area contributed by atoms with Crippen LogP contribution in [0.15, 0.2) is 22.8 Å². The summed E-state index contributed by atoms with van der Waals surface area (Å²) in [4.78, 5) is 34.3. The molecular formula is C15H22N2O7. The molecule has 0 aliphatic heterocycles. The molecule has 0 saturated carbocycles. The van der Waals surface area contributed by atoms with Crippen LogP contribution in [0, 0.1) is 0 Å². The van der Waals surface area contributed by atoms with Gasteiger partial charge in [-0.05, 0) is 31.4 Å². The summed E-state index contributed by atoms with van der Waals surface area (Å²) >= 11 is 0. The van der Waals surface area contributed by atoms with Crippen LogP contribution in [-0.4, -0.2) is 45.0 Å². The third kappa shape index (κ3) is 7.52. The van der Waals surface area contributed by atoms with E-state index >= 15 is 0 Å². The third-order valence-corrected chi connectivity index (χ3v) is 3.07. The van der Waals surface area contributed by atoms with Crippen molar-refractivity contribution in [3.05, 3.63) is 24.2 Å². The maximum atomic E-state index is 12.1. The first-order chi connectivity index (χ1) is 11.6. The van der Waals surface area contributed by atoms with E-state index in [0.717, 1.165) is 0 Å². The smallest absolute Gasteiger partial charge is 0.407 e. The van der Waals surface area contributed by atoms with Crippen molar-refractivity contribution in [3.63, 3.8) is 0 Å². The van der Waals surface area contributed by atoms with Crippen LogP contribution in [0.3, 0.4) is 0 Å². The molecular weight excluding hydrogens is 320 g/mol. The van der Waals surface area contributed by atoms with Crippen LogP contribution >= 0.6 is 0 Å². The number of methoxy groups -OCH3 is 2. The molecule has 2 amide bonds. The molecule has 0 aromatic carbocycles. The summed E-state index contributed by atoms with van der Waals surface area (Å²) in [5.74, 6) is -0.0832. The van der Waals surface area contributed by atoms with E-state index in [0.29, 0.717) is 31.6 Å². The highest BCUT2D eigenvalue weighted by molar-refractivity contribution is 5.81. The Balaban J connectivity index is 2.39. The molecule has 0 aliphatic carbocycles. The van der Waals surface area contributed by atoms with Gasteiger partial charge in [-0.25, -0.2) is 14.4 Å². The van der Waals surface area contributed by atoms with Crippen molar-refractivity contribution in [2.75, 3.05) is 20.8 Å². The van der Waals surface area contributed by atoms with Gasteiger partial charge in [0.15, 0.2) is 0 Å². The minimum Gasteiger partial charge on any atom is -0.466 e. The van der Waals surface area contributed by atoms with Crippen LogP contribution in [0.5, 0.6) is 0 Å². The van der Waals surface area contributed by atoms with E-state index in [2.05, 4.69) is 20.1 Å². The van der Waals surface area contributed by atoms with Crippen molar-refractivity contribution in [2.45, 2.75) is 31.9 Å². The van der Waals surface area contributed by atoms with Gasteiger partial charge in [-0.3, -0.25) is 0 Å². The molecule has 9 heteroatoms. The van der Waals surface area contributed by atoms with Gasteiger partial charge >= 0.3 is 18.2 Å². The maximum absolute atomic E-state index is 12.1. The second kappa shape index (κ2) is 10.9. The Morgan fingerprint density at radius 1 is 1.17 bits per heavy atom.